The summed E-state index contributed by atoms with van der Waals surface area (Å²) in [6, 6.07) is 6.37. The minimum atomic E-state index is 0.109. The number of rotatable bonds is 5. The minimum Gasteiger partial charge on any atom is -0.496 e. The highest BCUT2D eigenvalue weighted by atomic mass is 79.9. The molecule has 4 heteroatoms. The van der Waals surface area contributed by atoms with Gasteiger partial charge in [0.25, 0.3) is 0 Å². The van der Waals surface area contributed by atoms with E-state index in [0.29, 0.717) is 0 Å². The molecule has 0 saturated heterocycles. The fourth-order valence-electron chi connectivity index (χ4n) is 2.44. The number of nitrogens with one attached hydrogen (secondary N) is 1. The fourth-order valence-corrected chi connectivity index (χ4v) is 2.91. The molecule has 0 amide bonds. The van der Waals surface area contributed by atoms with Crippen molar-refractivity contribution in [2.45, 2.75) is 26.8 Å². The van der Waals surface area contributed by atoms with Crippen molar-refractivity contribution >= 4 is 15.9 Å². The first-order chi connectivity index (χ1) is 9.58. The van der Waals surface area contributed by atoms with Crippen LogP contribution >= 0.6 is 15.9 Å². The van der Waals surface area contributed by atoms with Crippen molar-refractivity contribution in [1.29, 1.82) is 0 Å². The Kier molecular flexibility index (Phi) is 4.89. The van der Waals surface area contributed by atoms with Crippen LogP contribution in [-0.2, 0) is 0 Å². The molecular weight excluding hydrogens is 318 g/mol. The number of ether oxygens (including phenoxy) is 1. The first-order valence-electron chi connectivity index (χ1n) is 6.69. The van der Waals surface area contributed by atoms with Gasteiger partial charge in [-0.05, 0) is 65.1 Å². The Morgan fingerprint density at radius 1 is 1.25 bits per heavy atom. The number of furan rings is 1. The molecule has 0 bridgehead atoms. The maximum absolute atomic E-state index is 5.39. The highest BCUT2D eigenvalue weighted by molar-refractivity contribution is 9.10. The third-order valence-corrected chi connectivity index (χ3v) is 4.10. The molecule has 0 radical (unpaired) electrons. The number of methoxy groups -OCH3 is 1. The second-order valence-electron chi connectivity index (χ2n) is 4.82. The van der Waals surface area contributed by atoms with Gasteiger partial charge in [-0.2, -0.15) is 0 Å². The van der Waals surface area contributed by atoms with Gasteiger partial charge in [0.1, 0.15) is 5.75 Å². The molecule has 20 heavy (non-hydrogen) atoms. The minimum absolute atomic E-state index is 0.109. The molecular formula is C16H20BrNO2. The van der Waals surface area contributed by atoms with Crippen LogP contribution in [0.25, 0.3) is 0 Å². The van der Waals surface area contributed by atoms with Gasteiger partial charge in [-0.3, -0.25) is 0 Å². The first-order valence-corrected chi connectivity index (χ1v) is 7.49. The smallest absolute Gasteiger partial charge is 0.174 e. The summed E-state index contributed by atoms with van der Waals surface area (Å²) in [5, 5.41) is 3.52. The predicted octanol–water partition coefficient (Wildman–Crippen LogP) is 4.37. The molecule has 1 heterocycles. The Bertz CT molecular complexity index is 592. The normalized spacial score (nSPS) is 12.4. The van der Waals surface area contributed by atoms with Gasteiger partial charge in [-0.25, -0.2) is 0 Å². The quantitative estimate of drug-likeness (QED) is 0.879. The zero-order valence-electron chi connectivity index (χ0n) is 12.3. The molecule has 1 aromatic carbocycles. The molecule has 3 nitrogen and oxygen atoms in total. The summed E-state index contributed by atoms with van der Waals surface area (Å²) in [4.78, 5) is 0. The van der Waals surface area contributed by atoms with E-state index < -0.39 is 0 Å². The summed E-state index contributed by atoms with van der Waals surface area (Å²) in [7, 11) is 1.70. The van der Waals surface area contributed by atoms with Crippen molar-refractivity contribution in [1.82, 2.24) is 5.32 Å². The molecule has 2 rings (SSSR count). The van der Waals surface area contributed by atoms with Gasteiger partial charge in [0.05, 0.1) is 19.4 Å². The van der Waals surface area contributed by atoms with Gasteiger partial charge < -0.3 is 14.5 Å². The van der Waals surface area contributed by atoms with Crippen LogP contribution in [-0.4, -0.2) is 13.7 Å². The predicted molar refractivity (Wildman–Crippen MR) is 84.4 cm³/mol. The van der Waals surface area contributed by atoms with Crippen molar-refractivity contribution in [3.8, 4) is 5.75 Å². The van der Waals surface area contributed by atoms with Crippen LogP contribution in [0.15, 0.2) is 33.5 Å². The molecule has 1 N–H and O–H groups in total. The molecule has 0 fully saturated rings. The van der Waals surface area contributed by atoms with Crippen LogP contribution in [0.4, 0.5) is 0 Å². The molecule has 0 aliphatic heterocycles. The van der Waals surface area contributed by atoms with Gasteiger partial charge >= 0.3 is 0 Å². The average molecular weight is 338 g/mol. The summed E-state index contributed by atoms with van der Waals surface area (Å²) in [5.74, 6) is 0.924. The molecule has 1 aromatic heterocycles. The van der Waals surface area contributed by atoms with E-state index >= 15 is 0 Å². The third kappa shape index (κ3) is 2.91. The van der Waals surface area contributed by atoms with E-state index in [2.05, 4.69) is 54.2 Å². The molecule has 0 saturated carbocycles. The summed E-state index contributed by atoms with van der Waals surface area (Å²) in [5.41, 5.74) is 4.69. The van der Waals surface area contributed by atoms with Crippen LogP contribution in [0.2, 0.25) is 0 Å². The summed E-state index contributed by atoms with van der Waals surface area (Å²) >= 11 is 3.47. The lowest BCUT2D eigenvalue weighted by Gasteiger charge is -2.21. The third-order valence-electron chi connectivity index (χ3n) is 3.46. The van der Waals surface area contributed by atoms with Gasteiger partial charge in [-0.1, -0.05) is 13.0 Å². The van der Waals surface area contributed by atoms with Crippen LogP contribution in [0.5, 0.6) is 5.75 Å². The highest BCUT2D eigenvalue weighted by Gasteiger charge is 2.20. The second-order valence-corrected chi connectivity index (χ2v) is 5.54. The van der Waals surface area contributed by atoms with Crippen molar-refractivity contribution in [3.63, 3.8) is 0 Å². The van der Waals surface area contributed by atoms with Gasteiger partial charge in [-0.15, -0.1) is 0 Å². The van der Waals surface area contributed by atoms with E-state index in [1.54, 1.807) is 13.4 Å². The van der Waals surface area contributed by atoms with E-state index in [1.165, 1.54) is 11.1 Å². The number of halogens is 1. The lowest BCUT2D eigenvalue weighted by molar-refractivity contribution is 0.411. The zero-order chi connectivity index (χ0) is 14.7. The lowest BCUT2D eigenvalue weighted by atomic mass is 9.94. The monoisotopic (exact) mass is 337 g/mol. The average Bonchev–Trinajstić information content (AvgIpc) is 2.84. The van der Waals surface area contributed by atoms with E-state index in [1.807, 2.05) is 6.07 Å². The number of benzene rings is 1. The van der Waals surface area contributed by atoms with Gasteiger partial charge in [0, 0.05) is 5.56 Å². The van der Waals surface area contributed by atoms with Crippen molar-refractivity contribution in [2.24, 2.45) is 0 Å². The van der Waals surface area contributed by atoms with Crippen molar-refractivity contribution in [3.05, 3.63) is 51.4 Å². The Labute approximate surface area is 128 Å². The summed E-state index contributed by atoms with van der Waals surface area (Å²) < 4.78 is 11.5. The topological polar surface area (TPSA) is 34.4 Å². The van der Waals surface area contributed by atoms with Gasteiger partial charge in [0.15, 0.2) is 4.67 Å². The van der Waals surface area contributed by atoms with Crippen molar-refractivity contribution < 1.29 is 9.15 Å². The van der Waals surface area contributed by atoms with Crippen LogP contribution in [0, 0.1) is 13.8 Å². The molecule has 0 spiro atoms. The molecule has 0 aliphatic carbocycles. The number of hydrogen-bond donors (Lipinski definition) is 1. The van der Waals surface area contributed by atoms with Gasteiger partial charge in [0.2, 0.25) is 0 Å². The Morgan fingerprint density at radius 3 is 2.55 bits per heavy atom. The Hall–Kier alpha value is -1.26. The fraction of sp³-hybridized carbons (Fsp3) is 0.375. The van der Waals surface area contributed by atoms with E-state index in [-0.39, 0.29) is 6.04 Å². The summed E-state index contributed by atoms with van der Waals surface area (Å²) in [6.07, 6.45) is 1.70. The molecule has 108 valence electrons. The lowest BCUT2D eigenvalue weighted by Crippen LogP contribution is -2.22. The SMILES string of the molecule is CCNC(c1cc(C)c(OC)cc1C)c1ccoc1Br. The standard InChI is InChI=1S/C16H20BrNO2/c1-5-18-15(12-6-7-20-16(12)17)13-8-11(3)14(19-4)9-10(13)2/h6-9,15,18H,5H2,1-4H3. The van der Waals surface area contributed by atoms with Crippen LogP contribution in [0.1, 0.15) is 35.2 Å². The summed E-state index contributed by atoms with van der Waals surface area (Å²) in [6.45, 7) is 7.16. The zero-order valence-corrected chi connectivity index (χ0v) is 13.9. The van der Waals surface area contributed by atoms with E-state index in [9.17, 15) is 0 Å². The largest absolute Gasteiger partial charge is 0.496 e. The second kappa shape index (κ2) is 6.46. The van der Waals surface area contributed by atoms with E-state index in [4.69, 9.17) is 9.15 Å². The van der Waals surface area contributed by atoms with E-state index in [0.717, 1.165) is 28.1 Å². The first kappa shape index (κ1) is 15.1. The maximum Gasteiger partial charge on any atom is 0.174 e. The molecule has 1 unspecified atom stereocenters. The Morgan fingerprint density at radius 2 is 2.00 bits per heavy atom. The molecule has 1 atom stereocenters. The van der Waals surface area contributed by atoms with Crippen LogP contribution in [0.3, 0.4) is 0 Å². The molecule has 0 aliphatic rings. The van der Waals surface area contributed by atoms with Crippen LogP contribution < -0.4 is 10.1 Å². The number of aryl methyl sites for hydroxylation is 2. The van der Waals surface area contributed by atoms with Crippen molar-refractivity contribution in [2.75, 3.05) is 13.7 Å². The maximum atomic E-state index is 5.39. The molecule has 2 aromatic rings. The Balaban J connectivity index is 2.50. The number of hydrogen-bond acceptors (Lipinski definition) is 3. The highest BCUT2D eigenvalue weighted by Crippen LogP contribution is 2.33.